The van der Waals surface area contributed by atoms with Crippen LogP contribution in [-0.4, -0.2) is 16.2 Å². The van der Waals surface area contributed by atoms with E-state index in [0.717, 1.165) is 12.8 Å². The van der Waals surface area contributed by atoms with Crippen molar-refractivity contribution in [2.75, 3.05) is 5.32 Å². The molecule has 1 aromatic heterocycles. The maximum Gasteiger partial charge on any atom is 0.319 e. The number of carbonyl (C=O) groups excluding carboxylic acids is 1. The van der Waals surface area contributed by atoms with E-state index in [4.69, 9.17) is 21.4 Å². The minimum atomic E-state index is -0.424. The largest absolute Gasteiger partial charge is 0.337 e. The third-order valence-corrected chi connectivity index (χ3v) is 3.49. The third kappa shape index (κ3) is 3.35. The zero-order chi connectivity index (χ0) is 15.5. The number of anilines is 1. The molecule has 22 heavy (non-hydrogen) atoms. The molecule has 1 aliphatic carbocycles. The fourth-order valence-electron chi connectivity index (χ4n) is 1.86. The number of nitriles is 1. The lowest BCUT2D eigenvalue weighted by Crippen LogP contribution is -2.28. The van der Waals surface area contributed by atoms with Crippen molar-refractivity contribution in [2.24, 2.45) is 0 Å². The number of halogens is 1. The van der Waals surface area contributed by atoms with Crippen LogP contribution in [0.3, 0.4) is 0 Å². The second kappa shape index (κ2) is 6.03. The Morgan fingerprint density at radius 1 is 1.50 bits per heavy atom. The molecule has 8 heteroatoms. The molecule has 1 saturated carbocycles. The maximum atomic E-state index is 11.8. The van der Waals surface area contributed by atoms with Crippen LogP contribution >= 0.6 is 11.6 Å². The molecular formula is C14H12ClN5O2. The lowest BCUT2D eigenvalue weighted by Gasteiger charge is -2.06. The average molecular weight is 318 g/mol. The third-order valence-electron chi connectivity index (χ3n) is 3.17. The van der Waals surface area contributed by atoms with Gasteiger partial charge in [0.05, 0.1) is 17.1 Å². The summed E-state index contributed by atoms with van der Waals surface area (Å²) in [5.74, 6) is 1.48. The average Bonchev–Trinajstić information content (AvgIpc) is 3.24. The van der Waals surface area contributed by atoms with Crippen LogP contribution in [0.1, 0.15) is 36.0 Å². The van der Waals surface area contributed by atoms with Crippen molar-refractivity contribution in [3.05, 3.63) is 40.5 Å². The number of nitrogens with zero attached hydrogens (tertiary/aromatic N) is 3. The van der Waals surface area contributed by atoms with Crippen molar-refractivity contribution in [3.63, 3.8) is 0 Å². The predicted molar refractivity (Wildman–Crippen MR) is 78.3 cm³/mol. The van der Waals surface area contributed by atoms with Crippen LogP contribution in [-0.2, 0) is 6.54 Å². The molecule has 2 amide bonds. The zero-order valence-electron chi connectivity index (χ0n) is 11.5. The van der Waals surface area contributed by atoms with Crippen molar-refractivity contribution >= 4 is 23.3 Å². The minimum absolute atomic E-state index is 0.148. The molecule has 3 rings (SSSR count). The number of hydrogen-bond acceptors (Lipinski definition) is 5. The van der Waals surface area contributed by atoms with Crippen LogP contribution in [0.4, 0.5) is 10.5 Å². The number of urea groups is 1. The second-order valence-corrected chi connectivity index (χ2v) is 5.34. The second-order valence-electron chi connectivity index (χ2n) is 4.93. The van der Waals surface area contributed by atoms with Gasteiger partial charge in [0.1, 0.15) is 6.07 Å². The van der Waals surface area contributed by atoms with Gasteiger partial charge in [-0.2, -0.15) is 10.2 Å². The number of hydrogen-bond donors (Lipinski definition) is 2. The first-order chi connectivity index (χ1) is 10.7. The van der Waals surface area contributed by atoms with E-state index in [9.17, 15) is 4.79 Å². The van der Waals surface area contributed by atoms with Crippen LogP contribution in [0.2, 0.25) is 5.02 Å². The Balaban J connectivity index is 1.53. The van der Waals surface area contributed by atoms with E-state index in [1.54, 1.807) is 6.07 Å². The summed E-state index contributed by atoms with van der Waals surface area (Å²) in [5, 5.41) is 18.2. The Hall–Kier alpha value is -2.59. The lowest BCUT2D eigenvalue weighted by atomic mass is 10.2. The van der Waals surface area contributed by atoms with E-state index >= 15 is 0 Å². The van der Waals surface area contributed by atoms with Crippen molar-refractivity contribution in [1.29, 1.82) is 5.26 Å². The number of carbonyl (C=O) groups is 1. The van der Waals surface area contributed by atoms with Crippen LogP contribution in [0.5, 0.6) is 0 Å². The number of amides is 2. The van der Waals surface area contributed by atoms with Gasteiger partial charge in [0.2, 0.25) is 5.89 Å². The molecule has 112 valence electrons. The topological polar surface area (TPSA) is 104 Å². The monoisotopic (exact) mass is 317 g/mol. The summed E-state index contributed by atoms with van der Waals surface area (Å²) in [6.45, 7) is 0.148. The van der Waals surface area contributed by atoms with Crippen molar-refractivity contribution in [3.8, 4) is 6.07 Å². The fraction of sp³-hybridized carbons (Fsp3) is 0.286. The fourth-order valence-corrected chi connectivity index (χ4v) is 2.08. The molecule has 1 heterocycles. The van der Waals surface area contributed by atoms with E-state index in [0.29, 0.717) is 28.9 Å². The van der Waals surface area contributed by atoms with Crippen molar-refractivity contribution in [2.45, 2.75) is 25.3 Å². The number of rotatable bonds is 4. The highest BCUT2D eigenvalue weighted by atomic mass is 35.5. The van der Waals surface area contributed by atoms with Gasteiger partial charge in [-0.3, -0.25) is 0 Å². The standard InChI is InChI=1S/C14H12ClN5O2/c15-11-5-10(4-3-9(11)6-16)18-14(21)17-7-12-19-13(20-22-12)8-1-2-8/h3-5,8H,1-2,7H2,(H2,17,18,21). The lowest BCUT2D eigenvalue weighted by molar-refractivity contribution is 0.249. The Kier molecular flexibility index (Phi) is 3.94. The Labute approximate surface area is 131 Å². The molecule has 0 aliphatic heterocycles. The summed E-state index contributed by atoms with van der Waals surface area (Å²) in [5.41, 5.74) is 0.844. The molecule has 7 nitrogen and oxygen atoms in total. The Morgan fingerprint density at radius 3 is 3.00 bits per heavy atom. The van der Waals surface area contributed by atoms with Crippen LogP contribution in [0.15, 0.2) is 22.7 Å². The van der Waals surface area contributed by atoms with E-state index in [2.05, 4.69) is 20.8 Å². The highest BCUT2D eigenvalue weighted by Gasteiger charge is 2.28. The van der Waals surface area contributed by atoms with Gasteiger partial charge in [-0.25, -0.2) is 4.79 Å². The van der Waals surface area contributed by atoms with Gasteiger partial charge in [-0.1, -0.05) is 16.8 Å². The van der Waals surface area contributed by atoms with E-state index in [-0.39, 0.29) is 11.6 Å². The summed E-state index contributed by atoms with van der Waals surface area (Å²) in [4.78, 5) is 16.0. The summed E-state index contributed by atoms with van der Waals surface area (Å²) in [6.07, 6.45) is 2.18. The Bertz CT molecular complexity index is 748. The zero-order valence-corrected chi connectivity index (χ0v) is 12.2. The predicted octanol–water partition coefficient (Wildman–Crippen LogP) is 2.79. The van der Waals surface area contributed by atoms with Gasteiger partial charge in [0, 0.05) is 11.6 Å². The molecule has 0 spiro atoms. The van der Waals surface area contributed by atoms with E-state index in [1.165, 1.54) is 12.1 Å². The molecule has 2 N–H and O–H groups in total. The Morgan fingerprint density at radius 2 is 2.32 bits per heavy atom. The normalized spacial score (nSPS) is 13.5. The molecule has 2 aromatic rings. The van der Waals surface area contributed by atoms with Crippen LogP contribution in [0.25, 0.3) is 0 Å². The molecule has 0 bridgehead atoms. The highest BCUT2D eigenvalue weighted by molar-refractivity contribution is 6.32. The quantitative estimate of drug-likeness (QED) is 0.902. The van der Waals surface area contributed by atoms with E-state index in [1.807, 2.05) is 6.07 Å². The van der Waals surface area contributed by atoms with Crippen LogP contribution < -0.4 is 10.6 Å². The summed E-state index contributed by atoms with van der Waals surface area (Å²) >= 11 is 5.90. The molecule has 0 radical (unpaired) electrons. The van der Waals surface area contributed by atoms with Gasteiger partial charge in [-0.15, -0.1) is 0 Å². The minimum Gasteiger partial charge on any atom is -0.337 e. The van der Waals surface area contributed by atoms with Crippen molar-refractivity contribution < 1.29 is 9.32 Å². The van der Waals surface area contributed by atoms with Crippen LogP contribution in [0, 0.1) is 11.3 Å². The first-order valence-electron chi connectivity index (χ1n) is 6.72. The summed E-state index contributed by atoms with van der Waals surface area (Å²) in [7, 11) is 0. The number of benzene rings is 1. The molecule has 0 atom stereocenters. The first-order valence-corrected chi connectivity index (χ1v) is 7.10. The maximum absolute atomic E-state index is 11.8. The number of nitrogens with one attached hydrogen (secondary N) is 2. The molecule has 0 saturated heterocycles. The first kappa shape index (κ1) is 14.4. The molecule has 1 fully saturated rings. The molecule has 1 aromatic carbocycles. The molecule has 1 aliphatic rings. The molecule has 0 unspecified atom stereocenters. The number of aromatic nitrogens is 2. The van der Waals surface area contributed by atoms with Gasteiger partial charge in [0.15, 0.2) is 5.82 Å². The van der Waals surface area contributed by atoms with E-state index < -0.39 is 6.03 Å². The summed E-state index contributed by atoms with van der Waals surface area (Å²) in [6, 6.07) is 6.18. The smallest absolute Gasteiger partial charge is 0.319 e. The summed E-state index contributed by atoms with van der Waals surface area (Å²) < 4.78 is 5.06. The van der Waals surface area contributed by atoms with Crippen molar-refractivity contribution in [1.82, 2.24) is 15.5 Å². The SMILES string of the molecule is N#Cc1ccc(NC(=O)NCc2nc(C3CC3)no2)cc1Cl. The van der Waals surface area contributed by atoms with Gasteiger partial charge in [0.25, 0.3) is 0 Å². The van der Waals surface area contributed by atoms with Gasteiger partial charge < -0.3 is 15.2 Å². The van der Waals surface area contributed by atoms with Gasteiger partial charge in [-0.05, 0) is 31.0 Å². The highest BCUT2D eigenvalue weighted by Crippen LogP contribution is 2.38. The molecular weight excluding hydrogens is 306 g/mol. The van der Waals surface area contributed by atoms with Gasteiger partial charge >= 0.3 is 6.03 Å².